The molecule has 5 rings (SSSR count). The number of rotatable bonds is 3. The van der Waals surface area contributed by atoms with Gasteiger partial charge in [-0.05, 0) is 90.6 Å². The second kappa shape index (κ2) is 5.33. The molecule has 0 unspecified atom stereocenters. The molecule has 4 saturated carbocycles. The second-order valence-corrected chi connectivity index (χ2v) is 8.78. The molecule has 1 heterocycles. The summed E-state index contributed by atoms with van der Waals surface area (Å²) in [6.45, 7) is 2.22. The van der Waals surface area contributed by atoms with E-state index in [0.29, 0.717) is 11.0 Å². The van der Waals surface area contributed by atoms with Crippen LogP contribution in [0.4, 0.5) is 0 Å². The standard InChI is InChI=1S/C18H23BrN2O/c1-11(21-17(22)15-5-16(19)10-20-9-15)18-6-12-2-13(7-18)4-14(3-12)8-18/h5,9-14H,2-4,6-8H2,1H3,(H,21,22)/t11-,12?,13?,14?,18?/m0/s1. The Bertz CT molecular complexity index is 565. The normalized spacial score (nSPS) is 37.1. The van der Waals surface area contributed by atoms with Gasteiger partial charge >= 0.3 is 0 Å². The van der Waals surface area contributed by atoms with Gasteiger partial charge < -0.3 is 5.32 Å². The van der Waals surface area contributed by atoms with Gasteiger partial charge in [-0.1, -0.05) is 0 Å². The van der Waals surface area contributed by atoms with Gasteiger partial charge in [0.2, 0.25) is 0 Å². The molecule has 4 bridgehead atoms. The number of nitrogens with zero attached hydrogens (tertiary/aromatic N) is 1. The maximum absolute atomic E-state index is 12.5. The number of pyridine rings is 1. The molecule has 0 aromatic carbocycles. The van der Waals surface area contributed by atoms with Crippen LogP contribution in [-0.4, -0.2) is 16.9 Å². The third kappa shape index (κ3) is 2.49. The first kappa shape index (κ1) is 14.7. The summed E-state index contributed by atoms with van der Waals surface area (Å²) in [7, 11) is 0. The molecule has 4 aliphatic carbocycles. The Labute approximate surface area is 140 Å². The van der Waals surface area contributed by atoms with Crippen LogP contribution in [0.5, 0.6) is 0 Å². The van der Waals surface area contributed by atoms with Crippen molar-refractivity contribution in [1.29, 1.82) is 0 Å². The van der Waals surface area contributed by atoms with Crippen molar-refractivity contribution in [3.05, 3.63) is 28.5 Å². The highest BCUT2D eigenvalue weighted by molar-refractivity contribution is 9.10. The minimum absolute atomic E-state index is 0.0112. The number of amides is 1. The zero-order chi connectivity index (χ0) is 15.3. The summed E-state index contributed by atoms with van der Waals surface area (Å²) in [5.41, 5.74) is 0.995. The highest BCUT2D eigenvalue weighted by Crippen LogP contribution is 2.61. The predicted octanol–water partition coefficient (Wildman–Crippen LogP) is 4.18. The van der Waals surface area contributed by atoms with Crippen LogP contribution in [0, 0.1) is 23.2 Å². The fraction of sp³-hybridized carbons (Fsp3) is 0.667. The number of nitrogens with one attached hydrogen (secondary N) is 1. The number of carbonyl (C=O) groups excluding carboxylic acids is 1. The highest BCUT2D eigenvalue weighted by Gasteiger charge is 2.53. The van der Waals surface area contributed by atoms with Gasteiger partial charge in [-0.2, -0.15) is 0 Å². The molecule has 22 heavy (non-hydrogen) atoms. The van der Waals surface area contributed by atoms with E-state index in [1.807, 2.05) is 6.07 Å². The molecule has 0 saturated heterocycles. The van der Waals surface area contributed by atoms with E-state index in [4.69, 9.17) is 0 Å². The third-order valence-corrected chi connectivity index (χ3v) is 6.75. The molecule has 4 fully saturated rings. The lowest BCUT2D eigenvalue weighted by molar-refractivity contribution is -0.0688. The van der Waals surface area contributed by atoms with Crippen LogP contribution in [0.25, 0.3) is 0 Å². The van der Waals surface area contributed by atoms with E-state index in [2.05, 4.69) is 33.2 Å². The molecule has 3 nitrogen and oxygen atoms in total. The molecule has 1 aromatic heterocycles. The number of hydrogen-bond acceptors (Lipinski definition) is 2. The van der Waals surface area contributed by atoms with Crippen molar-refractivity contribution < 1.29 is 4.79 Å². The number of carbonyl (C=O) groups is 1. The van der Waals surface area contributed by atoms with Gasteiger partial charge in [0.1, 0.15) is 0 Å². The average Bonchev–Trinajstić information content (AvgIpc) is 2.45. The van der Waals surface area contributed by atoms with Crippen LogP contribution in [-0.2, 0) is 0 Å². The summed E-state index contributed by atoms with van der Waals surface area (Å²) in [6.07, 6.45) is 11.6. The van der Waals surface area contributed by atoms with Crippen molar-refractivity contribution in [3.63, 3.8) is 0 Å². The summed E-state index contributed by atoms with van der Waals surface area (Å²) >= 11 is 3.39. The van der Waals surface area contributed by atoms with E-state index in [9.17, 15) is 4.79 Å². The fourth-order valence-electron chi connectivity index (χ4n) is 5.68. The van der Waals surface area contributed by atoms with E-state index >= 15 is 0 Å². The first-order valence-corrected chi connectivity index (χ1v) is 9.25. The SMILES string of the molecule is C[C@H](NC(=O)c1cncc(Br)c1)C12CC3CC(CC(C3)C1)C2. The largest absolute Gasteiger partial charge is 0.349 e. The Morgan fingerprint density at radius 2 is 1.82 bits per heavy atom. The third-order valence-electron chi connectivity index (χ3n) is 6.32. The minimum atomic E-state index is 0.0112. The van der Waals surface area contributed by atoms with E-state index in [-0.39, 0.29) is 11.9 Å². The lowest BCUT2D eigenvalue weighted by atomic mass is 9.48. The second-order valence-electron chi connectivity index (χ2n) is 7.87. The molecule has 1 aromatic rings. The molecular formula is C18H23BrN2O. The maximum atomic E-state index is 12.5. The van der Waals surface area contributed by atoms with Gasteiger partial charge in [0.05, 0.1) is 5.56 Å². The summed E-state index contributed by atoms with van der Waals surface area (Å²) in [5, 5.41) is 3.28. The monoisotopic (exact) mass is 362 g/mol. The maximum Gasteiger partial charge on any atom is 0.253 e. The zero-order valence-electron chi connectivity index (χ0n) is 13.0. The summed E-state index contributed by atoms with van der Waals surface area (Å²) in [6, 6.07) is 2.10. The topological polar surface area (TPSA) is 42.0 Å². The summed E-state index contributed by atoms with van der Waals surface area (Å²) in [5.74, 6) is 2.76. The Morgan fingerprint density at radius 1 is 1.23 bits per heavy atom. The molecule has 1 N–H and O–H groups in total. The van der Waals surface area contributed by atoms with E-state index in [1.165, 1.54) is 38.5 Å². The van der Waals surface area contributed by atoms with E-state index < -0.39 is 0 Å². The molecule has 118 valence electrons. The lowest BCUT2D eigenvalue weighted by Crippen LogP contribution is -2.55. The zero-order valence-corrected chi connectivity index (χ0v) is 14.6. The van der Waals surface area contributed by atoms with E-state index in [1.54, 1.807) is 12.4 Å². The Kier molecular flexibility index (Phi) is 3.55. The van der Waals surface area contributed by atoms with E-state index in [0.717, 1.165) is 22.2 Å². The van der Waals surface area contributed by atoms with Crippen molar-refractivity contribution in [3.8, 4) is 0 Å². The fourth-order valence-corrected chi connectivity index (χ4v) is 6.04. The molecule has 4 aliphatic rings. The van der Waals surface area contributed by atoms with Gasteiger partial charge in [-0.25, -0.2) is 0 Å². The Hall–Kier alpha value is -0.900. The van der Waals surface area contributed by atoms with Crippen molar-refractivity contribution in [2.75, 3.05) is 0 Å². The molecule has 1 amide bonds. The van der Waals surface area contributed by atoms with Crippen LogP contribution < -0.4 is 5.32 Å². The first-order valence-electron chi connectivity index (χ1n) is 8.45. The van der Waals surface area contributed by atoms with Gasteiger partial charge in [-0.3, -0.25) is 9.78 Å². The van der Waals surface area contributed by atoms with Crippen molar-refractivity contribution in [1.82, 2.24) is 10.3 Å². The van der Waals surface area contributed by atoms with Crippen LogP contribution in [0.2, 0.25) is 0 Å². The van der Waals surface area contributed by atoms with Crippen LogP contribution in [0.3, 0.4) is 0 Å². The lowest BCUT2D eigenvalue weighted by Gasteiger charge is -2.59. The van der Waals surface area contributed by atoms with Crippen LogP contribution in [0.1, 0.15) is 55.8 Å². The van der Waals surface area contributed by atoms with Crippen LogP contribution >= 0.6 is 15.9 Å². The molecular weight excluding hydrogens is 340 g/mol. The predicted molar refractivity (Wildman–Crippen MR) is 89.5 cm³/mol. The van der Waals surface area contributed by atoms with Gasteiger partial charge in [0, 0.05) is 22.9 Å². The Balaban J connectivity index is 1.50. The Morgan fingerprint density at radius 3 is 2.36 bits per heavy atom. The molecule has 4 heteroatoms. The number of halogens is 1. The summed E-state index contributed by atoms with van der Waals surface area (Å²) < 4.78 is 0.850. The minimum Gasteiger partial charge on any atom is -0.349 e. The number of hydrogen-bond donors (Lipinski definition) is 1. The molecule has 0 aliphatic heterocycles. The van der Waals surface area contributed by atoms with Crippen molar-refractivity contribution in [2.45, 2.75) is 51.5 Å². The molecule has 0 radical (unpaired) electrons. The first-order chi connectivity index (χ1) is 10.5. The smallest absolute Gasteiger partial charge is 0.253 e. The quantitative estimate of drug-likeness (QED) is 0.876. The highest BCUT2D eigenvalue weighted by atomic mass is 79.9. The van der Waals surface area contributed by atoms with Gasteiger partial charge in [0.15, 0.2) is 0 Å². The number of aromatic nitrogens is 1. The average molecular weight is 363 g/mol. The summed E-state index contributed by atoms with van der Waals surface area (Å²) in [4.78, 5) is 16.6. The molecule has 1 atom stereocenters. The van der Waals surface area contributed by atoms with Crippen LogP contribution in [0.15, 0.2) is 22.9 Å². The van der Waals surface area contributed by atoms with Crippen molar-refractivity contribution >= 4 is 21.8 Å². The van der Waals surface area contributed by atoms with Gasteiger partial charge in [-0.15, -0.1) is 0 Å². The molecule has 0 spiro atoms. The van der Waals surface area contributed by atoms with Gasteiger partial charge in [0.25, 0.3) is 5.91 Å². The van der Waals surface area contributed by atoms with Crippen molar-refractivity contribution in [2.24, 2.45) is 23.2 Å².